The Labute approximate surface area is 133 Å². The van der Waals surface area contributed by atoms with Crippen molar-refractivity contribution in [2.24, 2.45) is 0 Å². The van der Waals surface area contributed by atoms with Crippen molar-refractivity contribution in [1.82, 2.24) is 0 Å². The molecule has 0 spiro atoms. The summed E-state index contributed by atoms with van der Waals surface area (Å²) in [5.74, 6) is -1.51. The van der Waals surface area contributed by atoms with Crippen LogP contribution >= 0.6 is 0 Å². The van der Waals surface area contributed by atoms with E-state index in [1.807, 2.05) is 0 Å². The third kappa shape index (κ3) is 4.53. The molecule has 0 unspecified atom stereocenters. The minimum atomic E-state index is -0.577. The van der Waals surface area contributed by atoms with E-state index in [4.69, 9.17) is 9.47 Å². The van der Waals surface area contributed by atoms with Gasteiger partial charge in [0.25, 0.3) is 5.91 Å². The molecule has 1 aliphatic heterocycles. The minimum Gasteiger partial charge on any atom is -0.465 e. The van der Waals surface area contributed by atoms with Gasteiger partial charge in [0.1, 0.15) is 0 Å². The van der Waals surface area contributed by atoms with Crippen LogP contribution in [0.1, 0.15) is 28.8 Å². The van der Waals surface area contributed by atoms with E-state index in [0.717, 1.165) is 12.0 Å². The molecule has 1 aromatic rings. The number of amides is 1. The molecule has 1 fully saturated rings. The summed E-state index contributed by atoms with van der Waals surface area (Å²) >= 11 is 0. The van der Waals surface area contributed by atoms with Gasteiger partial charge in [-0.15, -0.1) is 0 Å². The first kappa shape index (κ1) is 17.0. The minimum absolute atomic E-state index is 0.324. The Balaban J connectivity index is 1.91. The maximum absolute atomic E-state index is 11.9. The summed E-state index contributed by atoms with van der Waals surface area (Å²) < 4.78 is 14.7. The summed E-state index contributed by atoms with van der Waals surface area (Å²) in [6, 6.07) is 4.81. The predicted octanol–water partition coefficient (Wildman–Crippen LogP) is 1.44. The van der Waals surface area contributed by atoms with Crippen LogP contribution in [0.4, 0.5) is 5.69 Å². The van der Waals surface area contributed by atoms with Crippen molar-refractivity contribution in [3.05, 3.63) is 29.3 Å². The molecule has 0 saturated carbocycles. The lowest BCUT2D eigenvalue weighted by Gasteiger charge is -2.12. The Bertz CT molecular complexity index is 607. The Morgan fingerprint density at radius 3 is 2.78 bits per heavy atom. The first-order valence-corrected chi connectivity index (χ1v) is 7.28. The normalized spacial score (nSPS) is 16.7. The highest BCUT2D eigenvalue weighted by molar-refractivity contribution is 5.96. The van der Waals surface area contributed by atoms with Gasteiger partial charge in [0, 0.05) is 12.3 Å². The number of aryl methyl sites for hydroxylation is 1. The molecule has 0 bridgehead atoms. The zero-order valence-electron chi connectivity index (χ0n) is 13.1. The molecule has 2 rings (SSSR count). The number of methoxy groups -OCH3 is 1. The van der Waals surface area contributed by atoms with Crippen molar-refractivity contribution in [3.8, 4) is 0 Å². The predicted molar refractivity (Wildman–Crippen MR) is 81.1 cm³/mol. The van der Waals surface area contributed by atoms with Crippen LogP contribution in [-0.4, -0.2) is 44.3 Å². The van der Waals surface area contributed by atoms with Crippen LogP contribution in [0.5, 0.6) is 0 Å². The zero-order valence-corrected chi connectivity index (χ0v) is 13.1. The van der Waals surface area contributed by atoms with Crippen LogP contribution in [0.25, 0.3) is 0 Å². The number of hydrogen-bond acceptors (Lipinski definition) is 6. The summed E-state index contributed by atoms with van der Waals surface area (Å²) in [6.07, 6.45) is 0.846. The molecule has 0 aromatic heterocycles. The first-order chi connectivity index (χ1) is 11.0. The van der Waals surface area contributed by atoms with Gasteiger partial charge in [-0.05, 0) is 37.5 Å². The highest BCUT2D eigenvalue weighted by atomic mass is 16.6. The van der Waals surface area contributed by atoms with Crippen molar-refractivity contribution in [2.75, 3.05) is 25.6 Å². The van der Waals surface area contributed by atoms with Crippen LogP contribution in [-0.2, 0) is 23.8 Å². The fourth-order valence-electron chi connectivity index (χ4n) is 2.18. The fourth-order valence-corrected chi connectivity index (χ4v) is 2.18. The molecule has 1 N–H and O–H groups in total. The van der Waals surface area contributed by atoms with Crippen molar-refractivity contribution in [1.29, 1.82) is 0 Å². The second kappa shape index (κ2) is 7.73. The van der Waals surface area contributed by atoms with Crippen LogP contribution in [0, 0.1) is 6.92 Å². The number of hydrogen-bond donors (Lipinski definition) is 1. The van der Waals surface area contributed by atoms with E-state index in [9.17, 15) is 14.4 Å². The molecule has 23 heavy (non-hydrogen) atoms. The third-order valence-electron chi connectivity index (χ3n) is 3.47. The van der Waals surface area contributed by atoms with Crippen LogP contribution in [0.3, 0.4) is 0 Å². The van der Waals surface area contributed by atoms with Crippen LogP contribution in [0.2, 0.25) is 0 Å². The molecule has 0 radical (unpaired) electrons. The van der Waals surface area contributed by atoms with Gasteiger partial charge < -0.3 is 19.5 Å². The van der Waals surface area contributed by atoms with E-state index in [-0.39, 0.29) is 0 Å². The summed E-state index contributed by atoms with van der Waals surface area (Å²) in [5, 5.41) is 2.61. The number of ether oxygens (including phenoxy) is 3. The van der Waals surface area contributed by atoms with Gasteiger partial charge in [-0.25, -0.2) is 9.59 Å². The van der Waals surface area contributed by atoms with Gasteiger partial charge in [0.2, 0.25) is 0 Å². The molecule has 1 aliphatic rings. The topological polar surface area (TPSA) is 90.9 Å². The van der Waals surface area contributed by atoms with Crippen LogP contribution in [0.15, 0.2) is 18.2 Å². The highest BCUT2D eigenvalue weighted by Crippen LogP contribution is 2.18. The second-order valence-electron chi connectivity index (χ2n) is 5.18. The Morgan fingerprint density at radius 1 is 1.35 bits per heavy atom. The summed E-state index contributed by atoms with van der Waals surface area (Å²) in [4.78, 5) is 35.1. The molecule has 0 aliphatic carbocycles. The van der Waals surface area contributed by atoms with Gasteiger partial charge in [0.05, 0.1) is 12.7 Å². The maximum atomic E-state index is 11.9. The van der Waals surface area contributed by atoms with Gasteiger partial charge in [-0.1, -0.05) is 6.07 Å². The molecule has 1 heterocycles. The zero-order chi connectivity index (χ0) is 16.8. The smallest absolute Gasteiger partial charge is 0.337 e. The number of anilines is 1. The van der Waals surface area contributed by atoms with E-state index in [2.05, 4.69) is 10.1 Å². The number of carbonyl (C=O) groups is 3. The average molecular weight is 321 g/mol. The molecular weight excluding hydrogens is 302 g/mol. The lowest BCUT2D eigenvalue weighted by atomic mass is 10.1. The monoisotopic (exact) mass is 321 g/mol. The summed E-state index contributed by atoms with van der Waals surface area (Å²) in [6.45, 7) is 1.92. The number of rotatable bonds is 5. The molecule has 124 valence electrons. The largest absolute Gasteiger partial charge is 0.465 e. The molecule has 7 heteroatoms. The van der Waals surface area contributed by atoms with E-state index in [1.165, 1.54) is 13.2 Å². The van der Waals surface area contributed by atoms with Crippen molar-refractivity contribution >= 4 is 23.5 Å². The number of benzene rings is 1. The number of esters is 2. The average Bonchev–Trinajstić information content (AvgIpc) is 3.08. The molecule has 1 saturated heterocycles. The van der Waals surface area contributed by atoms with Gasteiger partial charge in [-0.3, -0.25) is 4.79 Å². The molecule has 1 aromatic carbocycles. The van der Waals surface area contributed by atoms with Crippen molar-refractivity contribution < 1.29 is 28.6 Å². The van der Waals surface area contributed by atoms with Gasteiger partial charge in [0.15, 0.2) is 12.7 Å². The summed E-state index contributed by atoms with van der Waals surface area (Å²) in [7, 11) is 1.28. The molecule has 7 nitrogen and oxygen atoms in total. The molecule has 1 amide bonds. The Hall–Kier alpha value is -2.41. The van der Waals surface area contributed by atoms with E-state index in [0.29, 0.717) is 24.3 Å². The second-order valence-corrected chi connectivity index (χ2v) is 5.18. The lowest BCUT2D eigenvalue weighted by molar-refractivity contribution is -0.156. The van der Waals surface area contributed by atoms with Crippen molar-refractivity contribution in [3.63, 3.8) is 0 Å². The fraction of sp³-hybridized carbons (Fsp3) is 0.438. The quantitative estimate of drug-likeness (QED) is 0.825. The maximum Gasteiger partial charge on any atom is 0.337 e. The lowest BCUT2D eigenvalue weighted by Crippen LogP contribution is -2.27. The highest BCUT2D eigenvalue weighted by Gasteiger charge is 2.25. The standard InChI is InChI=1S/C16H19NO6/c1-10-5-6-11(15(19)21-2)8-12(10)17-14(18)9-23-16(20)13-4-3-7-22-13/h5-6,8,13H,3-4,7,9H2,1-2H3,(H,17,18)/t13-/m1/s1. The van der Waals surface area contributed by atoms with E-state index >= 15 is 0 Å². The SMILES string of the molecule is COC(=O)c1ccc(C)c(NC(=O)COC(=O)[C@H]2CCCO2)c1. The molecular formula is C16H19NO6. The van der Waals surface area contributed by atoms with E-state index < -0.39 is 30.6 Å². The van der Waals surface area contributed by atoms with Crippen LogP contribution < -0.4 is 5.32 Å². The van der Waals surface area contributed by atoms with Crippen molar-refractivity contribution in [2.45, 2.75) is 25.9 Å². The summed E-state index contributed by atoms with van der Waals surface area (Å²) in [5.41, 5.74) is 1.56. The Morgan fingerprint density at radius 2 is 2.13 bits per heavy atom. The molecule has 1 atom stereocenters. The first-order valence-electron chi connectivity index (χ1n) is 7.28. The number of nitrogens with one attached hydrogen (secondary N) is 1. The Kier molecular flexibility index (Phi) is 5.70. The van der Waals surface area contributed by atoms with Gasteiger partial charge >= 0.3 is 11.9 Å². The third-order valence-corrected chi connectivity index (χ3v) is 3.47. The van der Waals surface area contributed by atoms with E-state index in [1.54, 1.807) is 19.1 Å². The van der Waals surface area contributed by atoms with Gasteiger partial charge in [-0.2, -0.15) is 0 Å². The number of carbonyl (C=O) groups excluding carboxylic acids is 3.